The number of aliphatic hydroxyl groups is 1. The average molecular weight is 513 g/mol. The number of nitrogens with zero attached hydrogens (tertiary/aromatic N) is 2. The Labute approximate surface area is 225 Å². The smallest absolute Gasteiger partial charge is 0.300 e. The molecule has 3 aromatic carbocycles. The van der Waals surface area contributed by atoms with E-state index >= 15 is 0 Å². The van der Waals surface area contributed by atoms with Crippen LogP contribution in [0.25, 0.3) is 5.76 Å². The Morgan fingerprint density at radius 3 is 2.03 bits per heavy atom. The molecule has 1 N–H and O–H groups in total. The molecule has 1 saturated heterocycles. The van der Waals surface area contributed by atoms with Crippen molar-refractivity contribution in [1.82, 2.24) is 0 Å². The fourth-order valence-corrected chi connectivity index (χ4v) is 5.51. The number of aryl methyl sites for hydroxylation is 4. The number of Topliss-reactive ketones (excluding diaryl/α,β-unsaturated/α-hetero) is 1. The quantitative estimate of drug-likeness (QED) is 0.225. The maximum Gasteiger partial charge on any atom is 0.300 e. The molecule has 1 fully saturated rings. The monoisotopic (exact) mass is 512 g/mol. The standard InChI is InChI=1S/C32H36N2O4/c1-8-33(9-2)24-12-10-23(11-13-24)28-27(29(35)26-18-21(5)15-22(6)31(26)38-7)30(36)32(37)34(28)25-16-19(3)14-20(4)17-25/h10-18,28,35H,8-9H2,1-7H3/b29-27+. The molecule has 6 nitrogen and oxygen atoms in total. The molecule has 0 aliphatic carbocycles. The minimum Gasteiger partial charge on any atom is -0.507 e. The number of ether oxygens (including phenoxy) is 1. The van der Waals surface area contributed by atoms with Crippen molar-refractivity contribution in [3.8, 4) is 5.75 Å². The second kappa shape index (κ2) is 10.7. The normalized spacial score (nSPS) is 16.7. The molecular weight excluding hydrogens is 476 g/mol. The maximum atomic E-state index is 13.6. The SMILES string of the molecule is CCN(CC)c1ccc(C2/C(=C(\O)c3cc(C)cc(C)c3OC)C(=O)C(=O)N2c2cc(C)cc(C)c2)cc1. The Balaban J connectivity index is 1.99. The first-order valence-corrected chi connectivity index (χ1v) is 13.0. The fraction of sp³-hybridized carbons (Fsp3) is 0.312. The van der Waals surface area contributed by atoms with Gasteiger partial charge >= 0.3 is 0 Å². The topological polar surface area (TPSA) is 70.1 Å². The number of hydrogen-bond acceptors (Lipinski definition) is 5. The number of amides is 1. The van der Waals surface area contributed by atoms with Gasteiger partial charge in [-0.1, -0.05) is 24.3 Å². The van der Waals surface area contributed by atoms with Gasteiger partial charge in [0.15, 0.2) is 0 Å². The summed E-state index contributed by atoms with van der Waals surface area (Å²) in [5, 5.41) is 11.7. The summed E-state index contributed by atoms with van der Waals surface area (Å²) in [4.78, 5) is 31.0. The molecule has 0 spiro atoms. The molecule has 0 radical (unpaired) electrons. The van der Waals surface area contributed by atoms with E-state index in [1.54, 1.807) is 6.07 Å². The first-order valence-electron chi connectivity index (χ1n) is 13.0. The lowest BCUT2D eigenvalue weighted by molar-refractivity contribution is -0.132. The number of aliphatic hydroxyl groups excluding tert-OH is 1. The van der Waals surface area contributed by atoms with E-state index in [1.807, 2.05) is 76.2 Å². The molecule has 4 rings (SSSR count). The van der Waals surface area contributed by atoms with Crippen molar-refractivity contribution < 1.29 is 19.4 Å². The van der Waals surface area contributed by atoms with Crippen molar-refractivity contribution in [3.05, 3.63) is 93.6 Å². The minimum atomic E-state index is -0.799. The zero-order valence-electron chi connectivity index (χ0n) is 23.3. The summed E-state index contributed by atoms with van der Waals surface area (Å²) in [6, 6.07) is 16.6. The minimum absolute atomic E-state index is 0.0491. The zero-order chi connectivity index (χ0) is 27.7. The molecule has 3 aromatic rings. The van der Waals surface area contributed by atoms with Crippen molar-refractivity contribution in [2.45, 2.75) is 47.6 Å². The molecule has 38 heavy (non-hydrogen) atoms. The van der Waals surface area contributed by atoms with Crippen LogP contribution in [0.15, 0.2) is 60.2 Å². The summed E-state index contributed by atoms with van der Waals surface area (Å²) in [7, 11) is 1.53. The molecule has 1 aliphatic rings. The van der Waals surface area contributed by atoms with Gasteiger partial charge in [-0.05, 0) is 99.7 Å². The molecule has 1 unspecified atom stereocenters. The van der Waals surface area contributed by atoms with Gasteiger partial charge in [0.1, 0.15) is 11.5 Å². The van der Waals surface area contributed by atoms with Crippen LogP contribution in [-0.2, 0) is 9.59 Å². The lowest BCUT2D eigenvalue weighted by atomic mass is 9.93. The van der Waals surface area contributed by atoms with E-state index in [1.165, 1.54) is 12.0 Å². The molecule has 0 saturated carbocycles. The third-order valence-electron chi connectivity index (χ3n) is 7.14. The van der Waals surface area contributed by atoms with Crippen LogP contribution in [0, 0.1) is 27.7 Å². The van der Waals surface area contributed by atoms with Gasteiger partial charge in [0.25, 0.3) is 11.7 Å². The van der Waals surface area contributed by atoms with Crippen LogP contribution in [0.2, 0.25) is 0 Å². The number of ketones is 1. The zero-order valence-corrected chi connectivity index (χ0v) is 23.3. The van der Waals surface area contributed by atoms with Crippen molar-refractivity contribution in [2.75, 3.05) is 30.0 Å². The van der Waals surface area contributed by atoms with Crippen LogP contribution in [0.3, 0.4) is 0 Å². The molecule has 1 atom stereocenters. The van der Waals surface area contributed by atoms with Crippen LogP contribution < -0.4 is 14.5 Å². The number of carbonyl (C=O) groups is 2. The average Bonchev–Trinajstić information content (AvgIpc) is 3.14. The first kappa shape index (κ1) is 27.0. The van der Waals surface area contributed by atoms with E-state index in [4.69, 9.17) is 4.74 Å². The summed E-state index contributed by atoms with van der Waals surface area (Å²) < 4.78 is 5.62. The predicted molar refractivity (Wildman–Crippen MR) is 153 cm³/mol. The second-order valence-electron chi connectivity index (χ2n) is 9.94. The van der Waals surface area contributed by atoms with Crippen LogP contribution in [-0.4, -0.2) is 37.0 Å². The summed E-state index contributed by atoms with van der Waals surface area (Å²) in [6.07, 6.45) is 0. The largest absolute Gasteiger partial charge is 0.507 e. The van der Waals surface area contributed by atoms with Gasteiger partial charge in [0, 0.05) is 24.5 Å². The lowest BCUT2D eigenvalue weighted by Gasteiger charge is -2.27. The maximum absolute atomic E-state index is 13.6. The van der Waals surface area contributed by atoms with E-state index in [-0.39, 0.29) is 11.3 Å². The van der Waals surface area contributed by atoms with Gasteiger partial charge in [0.2, 0.25) is 0 Å². The van der Waals surface area contributed by atoms with Crippen LogP contribution in [0.1, 0.15) is 53.3 Å². The number of rotatable bonds is 7. The van der Waals surface area contributed by atoms with Crippen LogP contribution >= 0.6 is 0 Å². The molecule has 1 heterocycles. The van der Waals surface area contributed by atoms with Crippen LogP contribution in [0.5, 0.6) is 5.75 Å². The van der Waals surface area contributed by atoms with Crippen LogP contribution in [0.4, 0.5) is 11.4 Å². The Kier molecular flexibility index (Phi) is 7.63. The molecule has 198 valence electrons. The van der Waals surface area contributed by atoms with Crippen molar-refractivity contribution in [1.29, 1.82) is 0 Å². The molecule has 1 amide bonds. The first-order chi connectivity index (χ1) is 18.1. The van der Waals surface area contributed by atoms with Crippen molar-refractivity contribution in [3.63, 3.8) is 0 Å². The third-order valence-corrected chi connectivity index (χ3v) is 7.14. The van der Waals surface area contributed by atoms with E-state index < -0.39 is 17.7 Å². The fourth-order valence-electron chi connectivity index (χ4n) is 5.51. The highest BCUT2D eigenvalue weighted by molar-refractivity contribution is 6.51. The van der Waals surface area contributed by atoms with E-state index in [0.29, 0.717) is 17.0 Å². The molecule has 6 heteroatoms. The van der Waals surface area contributed by atoms with Gasteiger partial charge in [-0.15, -0.1) is 0 Å². The highest BCUT2D eigenvalue weighted by Gasteiger charge is 2.47. The second-order valence-corrected chi connectivity index (χ2v) is 9.94. The summed E-state index contributed by atoms with van der Waals surface area (Å²) in [5.74, 6) is -1.16. The summed E-state index contributed by atoms with van der Waals surface area (Å²) in [6.45, 7) is 13.7. The molecule has 1 aliphatic heterocycles. The Bertz CT molecular complexity index is 1400. The van der Waals surface area contributed by atoms with E-state index in [9.17, 15) is 14.7 Å². The van der Waals surface area contributed by atoms with Crippen molar-refractivity contribution in [2.24, 2.45) is 0 Å². The van der Waals surface area contributed by atoms with E-state index in [2.05, 4.69) is 18.7 Å². The van der Waals surface area contributed by atoms with Crippen molar-refractivity contribution >= 4 is 28.8 Å². The molecular formula is C32H36N2O4. The number of methoxy groups -OCH3 is 1. The van der Waals surface area contributed by atoms with Gasteiger partial charge < -0.3 is 14.7 Å². The van der Waals surface area contributed by atoms with E-state index in [0.717, 1.165) is 46.6 Å². The predicted octanol–water partition coefficient (Wildman–Crippen LogP) is 6.40. The molecule has 0 bridgehead atoms. The Hall–Kier alpha value is -4.06. The lowest BCUT2D eigenvalue weighted by Crippen LogP contribution is -2.29. The number of benzene rings is 3. The van der Waals surface area contributed by atoms with Gasteiger partial charge in [-0.25, -0.2) is 0 Å². The third kappa shape index (κ3) is 4.78. The highest BCUT2D eigenvalue weighted by atomic mass is 16.5. The Morgan fingerprint density at radius 1 is 0.895 bits per heavy atom. The Morgan fingerprint density at radius 2 is 1.47 bits per heavy atom. The number of anilines is 2. The van der Waals surface area contributed by atoms with Gasteiger partial charge in [0.05, 0.1) is 24.3 Å². The number of hydrogen-bond donors (Lipinski definition) is 1. The summed E-state index contributed by atoms with van der Waals surface area (Å²) >= 11 is 0. The van der Waals surface area contributed by atoms with Gasteiger partial charge in [-0.3, -0.25) is 14.5 Å². The summed E-state index contributed by atoms with van der Waals surface area (Å²) in [5.41, 5.74) is 6.56. The number of carbonyl (C=O) groups excluding carboxylic acids is 2. The molecule has 0 aromatic heterocycles. The highest BCUT2D eigenvalue weighted by Crippen LogP contribution is 2.44. The van der Waals surface area contributed by atoms with Gasteiger partial charge in [-0.2, -0.15) is 0 Å².